The highest BCUT2D eigenvalue weighted by Gasteiger charge is 2.10. The smallest absolute Gasteiger partial charge is 0.224 e. The molecule has 1 aromatic heterocycles. The molecule has 0 bridgehead atoms. The van der Waals surface area contributed by atoms with Gasteiger partial charge in [0.25, 0.3) is 0 Å². The molecule has 0 atom stereocenters. The van der Waals surface area contributed by atoms with Crippen molar-refractivity contribution in [1.29, 1.82) is 0 Å². The number of ether oxygens (including phenoxy) is 1. The maximum absolute atomic E-state index is 13.0. The first-order valence-corrected chi connectivity index (χ1v) is 8.27. The Labute approximate surface area is 154 Å². The van der Waals surface area contributed by atoms with Crippen molar-refractivity contribution in [1.82, 2.24) is 4.98 Å². The van der Waals surface area contributed by atoms with E-state index < -0.39 is 0 Å². The lowest BCUT2D eigenvalue weighted by Crippen LogP contribution is -2.12. The number of benzene rings is 2. The lowest BCUT2D eigenvalue weighted by atomic mass is 10.2. The van der Waals surface area contributed by atoms with Gasteiger partial charge in [-0.3, -0.25) is 4.79 Å². The summed E-state index contributed by atoms with van der Waals surface area (Å²) in [6.45, 7) is 0. The lowest BCUT2D eigenvalue weighted by molar-refractivity contribution is -0.116. The molecule has 7 heteroatoms. The van der Waals surface area contributed by atoms with Crippen LogP contribution in [0.25, 0.3) is 11.3 Å². The number of nitrogens with zero attached hydrogens (tertiary/aromatic N) is 1. The van der Waals surface area contributed by atoms with E-state index in [1.165, 1.54) is 19.2 Å². The molecular formula is C19H16ClFN2O3. The first-order chi connectivity index (χ1) is 12.5. The monoisotopic (exact) mass is 374 g/mol. The van der Waals surface area contributed by atoms with Crippen LogP contribution in [0.15, 0.2) is 53.1 Å². The number of oxazole rings is 1. The lowest BCUT2D eigenvalue weighted by Gasteiger charge is -2.07. The van der Waals surface area contributed by atoms with E-state index in [1.54, 1.807) is 36.5 Å². The summed E-state index contributed by atoms with van der Waals surface area (Å²) in [7, 11) is 1.52. The molecule has 2 aromatic carbocycles. The van der Waals surface area contributed by atoms with E-state index in [0.29, 0.717) is 34.5 Å². The van der Waals surface area contributed by atoms with E-state index in [9.17, 15) is 9.18 Å². The van der Waals surface area contributed by atoms with Gasteiger partial charge < -0.3 is 14.5 Å². The second-order valence-corrected chi connectivity index (χ2v) is 5.93. The van der Waals surface area contributed by atoms with Crippen LogP contribution in [0.4, 0.5) is 10.1 Å². The molecule has 0 aliphatic heterocycles. The normalized spacial score (nSPS) is 10.6. The summed E-state index contributed by atoms with van der Waals surface area (Å²) in [6.07, 6.45) is 2.10. The number of rotatable bonds is 6. The predicted octanol–water partition coefficient (Wildman–Crippen LogP) is 4.71. The van der Waals surface area contributed by atoms with Crippen LogP contribution in [0.3, 0.4) is 0 Å². The molecule has 1 amide bonds. The molecule has 0 saturated carbocycles. The number of amides is 1. The molecule has 0 spiro atoms. The summed E-state index contributed by atoms with van der Waals surface area (Å²) in [5, 5.41) is 3.18. The summed E-state index contributed by atoms with van der Waals surface area (Å²) in [6, 6.07) is 10.9. The summed E-state index contributed by atoms with van der Waals surface area (Å²) in [4.78, 5) is 16.2. The van der Waals surface area contributed by atoms with E-state index in [2.05, 4.69) is 10.3 Å². The van der Waals surface area contributed by atoms with E-state index in [1.807, 2.05) is 0 Å². The number of aromatic nitrogens is 1. The Bertz CT molecular complexity index is 909. The Balaban J connectivity index is 1.56. The molecule has 3 rings (SSSR count). The van der Waals surface area contributed by atoms with Gasteiger partial charge in [-0.15, -0.1) is 0 Å². The number of carbonyl (C=O) groups excluding carboxylic acids is 1. The fraction of sp³-hybridized carbons (Fsp3) is 0.158. The number of aryl methyl sites for hydroxylation is 1. The number of hydrogen-bond donors (Lipinski definition) is 1. The highest BCUT2D eigenvalue weighted by atomic mass is 35.5. The van der Waals surface area contributed by atoms with Gasteiger partial charge in [-0.25, -0.2) is 9.37 Å². The van der Waals surface area contributed by atoms with Crippen molar-refractivity contribution in [2.75, 3.05) is 12.4 Å². The number of methoxy groups -OCH3 is 1. The molecule has 0 aliphatic carbocycles. The maximum Gasteiger partial charge on any atom is 0.224 e. The second-order valence-electron chi connectivity index (χ2n) is 5.52. The van der Waals surface area contributed by atoms with Crippen LogP contribution in [-0.4, -0.2) is 18.0 Å². The van der Waals surface area contributed by atoms with Gasteiger partial charge in [0.2, 0.25) is 5.91 Å². The molecule has 0 aliphatic rings. The van der Waals surface area contributed by atoms with Gasteiger partial charge in [-0.05, 0) is 42.5 Å². The Kier molecular flexibility index (Phi) is 5.53. The standard InChI is InChI=1S/C19H16ClFN2O3/c1-25-16-7-6-14(10-15(16)20)23-18(24)8-9-19-22-11-17(26-19)12-2-4-13(21)5-3-12/h2-7,10-11H,8-9H2,1H3,(H,23,24). The van der Waals surface area contributed by atoms with Gasteiger partial charge in [0.15, 0.2) is 11.7 Å². The summed E-state index contributed by atoms with van der Waals surface area (Å²) >= 11 is 6.03. The molecule has 0 unspecified atom stereocenters. The summed E-state index contributed by atoms with van der Waals surface area (Å²) < 4.78 is 23.6. The van der Waals surface area contributed by atoms with Crippen molar-refractivity contribution in [2.45, 2.75) is 12.8 Å². The largest absolute Gasteiger partial charge is 0.495 e. The second kappa shape index (κ2) is 8.01. The van der Waals surface area contributed by atoms with Crippen LogP contribution in [-0.2, 0) is 11.2 Å². The van der Waals surface area contributed by atoms with Gasteiger partial charge in [0.1, 0.15) is 11.6 Å². The average Bonchev–Trinajstić information content (AvgIpc) is 3.10. The highest BCUT2D eigenvalue weighted by Crippen LogP contribution is 2.27. The zero-order valence-corrected chi connectivity index (χ0v) is 14.7. The quantitative estimate of drug-likeness (QED) is 0.678. The fourth-order valence-electron chi connectivity index (χ4n) is 2.36. The van der Waals surface area contributed by atoms with Crippen molar-refractivity contribution < 1.29 is 18.3 Å². The minimum Gasteiger partial charge on any atom is -0.495 e. The number of halogens is 2. The summed E-state index contributed by atoms with van der Waals surface area (Å²) in [5.74, 6) is 1.00. The van der Waals surface area contributed by atoms with Crippen LogP contribution in [0.2, 0.25) is 5.02 Å². The number of anilines is 1. The minimum absolute atomic E-state index is 0.187. The number of carbonyl (C=O) groups is 1. The van der Waals surface area contributed by atoms with Crippen LogP contribution in [0.1, 0.15) is 12.3 Å². The SMILES string of the molecule is COc1ccc(NC(=O)CCc2ncc(-c3ccc(F)cc3)o2)cc1Cl. The minimum atomic E-state index is -0.316. The van der Waals surface area contributed by atoms with Crippen molar-refractivity contribution in [3.63, 3.8) is 0 Å². The van der Waals surface area contributed by atoms with Crippen molar-refractivity contribution in [2.24, 2.45) is 0 Å². The zero-order valence-electron chi connectivity index (χ0n) is 14.0. The fourth-order valence-corrected chi connectivity index (χ4v) is 2.62. The first kappa shape index (κ1) is 17.9. The van der Waals surface area contributed by atoms with Crippen LogP contribution in [0.5, 0.6) is 5.75 Å². The highest BCUT2D eigenvalue weighted by molar-refractivity contribution is 6.32. The maximum atomic E-state index is 13.0. The third-order valence-corrected chi connectivity index (χ3v) is 3.98. The van der Waals surface area contributed by atoms with E-state index in [4.69, 9.17) is 20.8 Å². The van der Waals surface area contributed by atoms with Crippen molar-refractivity contribution in [3.05, 3.63) is 65.4 Å². The van der Waals surface area contributed by atoms with E-state index >= 15 is 0 Å². The van der Waals surface area contributed by atoms with Gasteiger partial charge in [-0.2, -0.15) is 0 Å². The molecule has 5 nitrogen and oxygen atoms in total. The molecule has 1 N–H and O–H groups in total. The third-order valence-electron chi connectivity index (χ3n) is 3.68. The number of nitrogens with one attached hydrogen (secondary N) is 1. The molecule has 3 aromatic rings. The molecule has 0 radical (unpaired) electrons. The molecule has 26 heavy (non-hydrogen) atoms. The Hall–Kier alpha value is -2.86. The average molecular weight is 375 g/mol. The first-order valence-electron chi connectivity index (χ1n) is 7.89. The van der Waals surface area contributed by atoms with E-state index in [-0.39, 0.29) is 18.1 Å². The molecular weight excluding hydrogens is 359 g/mol. The predicted molar refractivity (Wildman–Crippen MR) is 96.9 cm³/mol. The third kappa shape index (κ3) is 4.40. The number of hydrogen-bond acceptors (Lipinski definition) is 4. The van der Waals surface area contributed by atoms with Crippen LogP contribution >= 0.6 is 11.6 Å². The topological polar surface area (TPSA) is 64.4 Å². The van der Waals surface area contributed by atoms with E-state index in [0.717, 1.165) is 5.56 Å². The molecule has 0 fully saturated rings. The van der Waals surface area contributed by atoms with Gasteiger partial charge in [0.05, 0.1) is 18.3 Å². The van der Waals surface area contributed by atoms with Crippen LogP contribution < -0.4 is 10.1 Å². The molecule has 1 heterocycles. The van der Waals surface area contributed by atoms with Crippen molar-refractivity contribution in [3.8, 4) is 17.1 Å². The van der Waals surface area contributed by atoms with Gasteiger partial charge >= 0.3 is 0 Å². The summed E-state index contributed by atoms with van der Waals surface area (Å²) in [5.41, 5.74) is 1.31. The van der Waals surface area contributed by atoms with Gasteiger partial charge in [0, 0.05) is 24.1 Å². The molecule has 0 saturated heterocycles. The van der Waals surface area contributed by atoms with Crippen LogP contribution in [0, 0.1) is 5.82 Å². The zero-order chi connectivity index (χ0) is 18.5. The van der Waals surface area contributed by atoms with Crippen molar-refractivity contribution >= 4 is 23.2 Å². The Morgan fingerprint density at radius 2 is 2.04 bits per heavy atom. The molecule has 134 valence electrons. The Morgan fingerprint density at radius 1 is 1.27 bits per heavy atom. The Morgan fingerprint density at radius 3 is 2.73 bits per heavy atom. The van der Waals surface area contributed by atoms with Gasteiger partial charge in [-0.1, -0.05) is 11.6 Å².